The molecular formula is C16H19FN2OS. The summed E-state index contributed by atoms with van der Waals surface area (Å²) in [5.74, 6) is -0.344. The molecule has 0 bridgehead atoms. The molecule has 1 amide bonds. The molecule has 112 valence electrons. The molecule has 0 spiro atoms. The fourth-order valence-corrected chi connectivity index (χ4v) is 3.30. The number of benzene rings is 1. The van der Waals surface area contributed by atoms with Crippen molar-refractivity contribution in [3.8, 4) is 0 Å². The monoisotopic (exact) mass is 306 g/mol. The van der Waals surface area contributed by atoms with Gasteiger partial charge in [0.15, 0.2) is 0 Å². The van der Waals surface area contributed by atoms with Crippen molar-refractivity contribution < 1.29 is 9.18 Å². The van der Waals surface area contributed by atoms with E-state index in [0.717, 1.165) is 15.6 Å². The molecule has 2 rings (SSSR count). The minimum absolute atomic E-state index is 0.0291. The number of likely N-dealkylation sites (N-methyl/N-ethyl adjacent to an activating group) is 1. The normalized spacial score (nSPS) is 12.2. The SMILES string of the molecule is Cc1nc(C)c(C(C)N(C)C(=O)Cc2cccc(F)c2)s1. The van der Waals surface area contributed by atoms with Crippen LogP contribution in [0.5, 0.6) is 0 Å². The number of nitrogens with zero attached hydrogens (tertiary/aromatic N) is 2. The van der Waals surface area contributed by atoms with Gasteiger partial charge >= 0.3 is 0 Å². The van der Waals surface area contributed by atoms with Crippen LogP contribution in [0.2, 0.25) is 0 Å². The Hall–Kier alpha value is -1.75. The highest BCUT2D eigenvalue weighted by atomic mass is 32.1. The van der Waals surface area contributed by atoms with E-state index in [4.69, 9.17) is 0 Å². The Morgan fingerprint density at radius 2 is 2.14 bits per heavy atom. The first-order valence-electron chi connectivity index (χ1n) is 6.82. The molecule has 21 heavy (non-hydrogen) atoms. The third-order valence-electron chi connectivity index (χ3n) is 3.54. The number of rotatable bonds is 4. The predicted octanol–water partition coefficient (Wildman–Crippen LogP) is 3.66. The number of hydrogen-bond acceptors (Lipinski definition) is 3. The van der Waals surface area contributed by atoms with Crippen LogP contribution in [0.25, 0.3) is 0 Å². The number of amides is 1. The highest BCUT2D eigenvalue weighted by Gasteiger charge is 2.21. The van der Waals surface area contributed by atoms with Crippen LogP contribution in [0, 0.1) is 19.7 Å². The van der Waals surface area contributed by atoms with Crippen molar-refractivity contribution in [2.45, 2.75) is 33.2 Å². The average Bonchev–Trinajstić information content (AvgIpc) is 2.76. The first-order chi connectivity index (χ1) is 9.88. The summed E-state index contributed by atoms with van der Waals surface area (Å²) in [6.45, 7) is 5.91. The van der Waals surface area contributed by atoms with Crippen molar-refractivity contribution in [2.75, 3.05) is 7.05 Å². The molecule has 0 aliphatic rings. The summed E-state index contributed by atoms with van der Waals surface area (Å²) < 4.78 is 13.2. The quantitative estimate of drug-likeness (QED) is 0.863. The Morgan fingerprint density at radius 1 is 1.43 bits per heavy atom. The molecular weight excluding hydrogens is 287 g/mol. The van der Waals surface area contributed by atoms with Gasteiger partial charge in [-0.2, -0.15) is 0 Å². The third-order valence-corrected chi connectivity index (χ3v) is 4.78. The summed E-state index contributed by atoms with van der Waals surface area (Å²) in [5.41, 5.74) is 1.66. The number of carbonyl (C=O) groups is 1. The molecule has 1 unspecified atom stereocenters. The van der Waals surface area contributed by atoms with Crippen LogP contribution in [0.4, 0.5) is 4.39 Å². The molecule has 0 radical (unpaired) electrons. The molecule has 0 N–H and O–H groups in total. The molecule has 0 saturated heterocycles. The van der Waals surface area contributed by atoms with Gasteiger partial charge in [0.1, 0.15) is 5.82 Å². The van der Waals surface area contributed by atoms with E-state index in [0.29, 0.717) is 5.56 Å². The number of carbonyl (C=O) groups excluding carboxylic acids is 1. The lowest BCUT2D eigenvalue weighted by Crippen LogP contribution is -2.30. The Bertz CT molecular complexity index is 653. The van der Waals surface area contributed by atoms with E-state index < -0.39 is 0 Å². The highest BCUT2D eigenvalue weighted by molar-refractivity contribution is 7.11. The molecule has 3 nitrogen and oxygen atoms in total. The minimum atomic E-state index is -0.315. The van der Waals surface area contributed by atoms with Gasteiger partial charge in [-0.25, -0.2) is 9.37 Å². The van der Waals surface area contributed by atoms with Crippen LogP contribution in [0.1, 0.15) is 34.1 Å². The smallest absolute Gasteiger partial charge is 0.227 e. The Kier molecular flexibility index (Phi) is 4.73. The largest absolute Gasteiger partial charge is 0.338 e. The van der Waals surface area contributed by atoms with Crippen molar-refractivity contribution in [3.05, 3.63) is 51.2 Å². The summed E-state index contributed by atoms with van der Waals surface area (Å²) in [6, 6.07) is 6.14. The van der Waals surface area contributed by atoms with Crippen molar-refractivity contribution >= 4 is 17.2 Å². The first-order valence-corrected chi connectivity index (χ1v) is 7.64. The molecule has 1 aromatic carbocycles. The van der Waals surface area contributed by atoms with E-state index in [1.165, 1.54) is 12.1 Å². The Balaban J connectivity index is 2.10. The lowest BCUT2D eigenvalue weighted by molar-refractivity contribution is -0.131. The van der Waals surface area contributed by atoms with Gasteiger partial charge in [0.25, 0.3) is 0 Å². The lowest BCUT2D eigenvalue weighted by Gasteiger charge is -2.24. The molecule has 0 aliphatic carbocycles. The van der Waals surface area contributed by atoms with E-state index in [1.54, 1.807) is 35.4 Å². The number of hydrogen-bond donors (Lipinski definition) is 0. The molecule has 1 heterocycles. The topological polar surface area (TPSA) is 33.2 Å². The molecule has 2 aromatic rings. The van der Waals surface area contributed by atoms with E-state index in [9.17, 15) is 9.18 Å². The second-order valence-electron chi connectivity index (χ2n) is 5.17. The average molecular weight is 306 g/mol. The van der Waals surface area contributed by atoms with Gasteiger partial charge in [-0.1, -0.05) is 12.1 Å². The van der Waals surface area contributed by atoms with Crippen molar-refractivity contribution in [1.29, 1.82) is 0 Å². The number of thiazole rings is 1. The molecule has 1 atom stereocenters. The third kappa shape index (κ3) is 3.67. The van der Waals surface area contributed by atoms with Gasteiger partial charge in [0.2, 0.25) is 5.91 Å². The van der Waals surface area contributed by atoms with E-state index in [1.807, 2.05) is 20.8 Å². The fourth-order valence-electron chi connectivity index (χ4n) is 2.27. The van der Waals surface area contributed by atoms with Crippen LogP contribution < -0.4 is 0 Å². The lowest BCUT2D eigenvalue weighted by atomic mass is 10.1. The van der Waals surface area contributed by atoms with Crippen molar-refractivity contribution in [2.24, 2.45) is 0 Å². The second-order valence-corrected chi connectivity index (χ2v) is 6.40. The number of halogens is 1. The van der Waals surface area contributed by atoms with Gasteiger partial charge in [-0.15, -0.1) is 11.3 Å². The molecule has 0 fully saturated rings. The van der Waals surface area contributed by atoms with Gasteiger partial charge in [0.05, 0.1) is 23.2 Å². The Labute approximate surface area is 128 Å². The molecule has 0 saturated carbocycles. The van der Waals surface area contributed by atoms with E-state index in [2.05, 4.69) is 4.98 Å². The fraction of sp³-hybridized carbons (Fsp3) is 0.375. The molecule has 0 aliphatic heterocycles. The van der Waals surface area contributed by atoms with Gasteiger partial charge in [-0.05, 0) is 38.5 Å². The summed E-state index contributed by atoms with van der Waals surface area (Å²) in [4.78, 5) is 19.5. The summed E-state index contributed by atoms with van der Waals surface area (Å²) in [6.07, 6.45) is 0.204. The van der Waals surface area contributed by atoms with Gasteiger partial charge in [0, 0.05) is 11.9 Å². The van der Waals surface area contributed by atoms with Crippen LogP contribution in [-0.4, -0.2) is 22.8 Å². The van der Waals surface area contributed by atoms with E-state index in [-0.39, 0.29) is 24.2 Å². The van der Waals surface area contributed by atoms with Crippen LogP contribution in [-0.2, 0) is 11.2 Å². The highest BCUT2D eigenvalue weighted by Crippen LogP contribution is 2.28. The Morgan fingerprint density at radius 3 is 2.71 bits per heavy atom. The predicted molar refractivity (Wildman–Crippen MR) is 82.9 cm³/mol. The maximum absolute atomic E-state index is 13.2. The second kappa shape index (κ2) is 6.35. The first kappa shape index (κ1) is 15.6. The number of aryl methyl sites for hydroxylation is 2. The van der Waals surface area contributed by atoms with Crippen LogP contribution in [0.15, 0.2) is 24.3 Å². The summed E-state index contributed by atoms with van der Waals surface area (Å²) in [5, 5.41) is 1.00. The maximum Gasteiger partial charge on any atom is 0.227 e. The van der Waals surface area contributed by atoms with Crippen LogP contribution in [0.3, 0.4) is 0 Å². The zero-order valence-electron chi connectivity index (χ0n) is 12.7. The van der Waals surface area contributed by atoms with Crippen LogP contribution >= 0.6 is 11.3 Å². The van der Waals surface area contributed by atoms with Gasteiger partial charge in [-0.3, -0.25) is 4.79 Å². The molecule has 1 aromatic heterocycles. The minimum Gasteiger partial charge on any atom is -0.338 e. The van der Waals surface area contributed by atoms with E-state index >= 15 is 0 Å². The molecule has 5 heteroatoms. The van der Waals surface area contributed by atoms with Gasteiger partial charge < -0.3 is 4.90 Å². The standard InChI is InChI=1S/C16H19FN2OS/c1-10-16(21-12(3)18-10)11(2)19(4)15(20)9-13-6-5-7-14(17)8-13/h5-8,11H,9H2,1-4H3. The zero-order valence-corrected chi connectivity index (χ0v) is 13.5. The maximum atomic E-state index is 13.2. The zero-order chi connectivity index (χ0) is 15.6. The van der Waals surface area contributed by atoms with Crippen molar-refractivity contribution in [1.82, 2.24) is 9.88 Å². The van der Waals surface area contributed by atoms with Crippen molar-refractivity contribution in [3.63, 3.8) is 0 Å². The summed E-state index contributed by atoms with van der Waals surface area (Å²) in [7, 11) is 1.78. The summed E-state index contributed by atoms with van der Waals surface area (Å²) >= 11 is 1.61. The number of aromatic nitrogens is 1.